The molecule has 2 heterocycles. The maximum atomic E-state index is 13.3. The number of para-hydroxylation sites is 1. The summed E-state index contributed by atoms with van der Waals surface area (Å²) in [5, 5.41) is 2.82. The Balaban J connectivity index is 1.54. The number of fused-ring (bicyclic) bond motifs is 1. The Morgan fingerprint density at radius 3 is 2.69 bits per heavy atom. The topological polar surface area (TPSA) is 71.4 Å². The molecule has 1 fully saturated rings. The SMILES string of the molecule is CC(C)n1cc(/C=C2/SC(=O)N(CC(=O)Nc3ccc(F)c(Cl)c3)C2=O)c2ccccc21. The highest BCUT2D eigenvalue weighted by molar-refractivity contribution is 8.18. The molecule has 3 aromatic rings. The highest BCUT2D eigenvalue weighted by Crippen LogP contribution is 2.34. The molecule has 6 nitrogen and oxygen atoms in total. The van der Waals surface area contributed by atoms with Gasteiger partial charge in [-0.3, -0.25) is 19.3 Å². The van der Waals surface area contributed by atoms with E-state index in [4.69, 9.17) is 11.6 Å². The number of nitrogens with one attached hydrogen (secondary N) is 1. The minimum atomic E-state index is -0.612. The average Bonchev–Trinajstić information content (AvgIpc) is 3.24. The van der Waals surface area contributed by atoms with E-state index in [2.05, 4.69) is 23.7 Å². The molecule has 0 bridgehead atoms. The second kappa shape index (κ2) is 8.80. The van der Waals surface area contributed by atoms with Crippen molar-refractivity contribution < 1.29 is 18.8 Å². The number of carbonyl (C=O) groups is 3. The zero-order valence-electron chi connectivity index (χ0n) is 17.3. The number of hydrogen-bond acceptors (Lipinski definition) is 4. The van der Waals surface area contributed by atoms with Crippen LogP contribution < -0.4 is 5.32 Å². The van der Waals surface area contributed by atoms with Crippen LogP contribution in [0.25, 0.3) is 17.0 Å². The predicted octanol–water partition coefficient (Wildman–Crippen LogP) is 5.69. The van der Waals surface area contributed by atoms with Crippen LogP contribution in [0.4, 0.5) is 14.9 Å². The van der Waals surface area contributed by atoms with E-state index in [1.165, 1.54) is 12.1 Å². The van der Waals surface area contributed by atoms with E-state index in [0.717, 1.165) is 39.2 Å². The van der Waals surface area contributed by atoms with Crippen LogP contribution in [0.2, 0.25) is 5.02 Å². The van der Waals surface area contributed by atoms with Crippen molar-refractivity contribution in [1.82, 2.24) is 9.47 Å². The summed E-state index contributed by atoms with van der Waals surface area (Å²) in [6, 6.07) is 11.8. The first-order chi connectivity index (χ1) is 15.2. The zero-order valence-corrected chi connectivity index (χ0v) is 18.8. The Hall–Kier alpha value is -3.10. The monoisotopic (exact) mass is 471 g/mol. The first-order valence-electron chi connectivity index (χ1n) is 9.84. The van der Waals surface area contributed by atoms with Crippen LogP contribution in [0.1, 0.15) is 25.5 Å². The molecule has 2 aromatic carbocycles. The van der Waals surface area contributed by atoms with Crippen LogP contribution in [-0.2, 0) is 9.59 Å². The fraction of sp³-hybridized carbons (Fsp3) is 0.174. The number of nitrogens with zero attached hydrogens (tertiary/aromatic N) is 2. The summed E-state index contributed by atoms with van der Waals surface area (Å²) in [6.07, 6.45) is 3.64. The maximum Gasteiger partial charge on any atom is 0.294 e. The number of carbonyl (C=O) groups excluding carboxylic acids is 3. The lowest BCUT2D eigenvalue weighted by Crippen LogP contribution is -2.36. The third-order valence-corrected chi connectivity index (χ3v) is 6.19. The van der Waals surface area contributed by atoms with Crippen molar-refractivity contribution in [3.05, 3.63) is 70.0 Å². The molecule has 1 aliphatic rings. The van der Waals surface area contributed by atoms with Crippen LogP contribution >= 0.6 is 23.4 Å². The summed E-state index contributed by atoms with van der Waals surface area (Å²) in [4.78, 5) is 38.7. The van der Waals surface area contributed by atoms with Crippen LogP contribution in [0.5, 0.6) is 0 Å². The molecule has 3 amide bonds. The lowest BCUT2D eigenvalue weighted by molar-refractivity contribution is -0.127. The third-order valence-electron chi connectivity index (χ3n) is 4.99. The molecule has 164 valence electrons. The Morgan fingerprint density at radius 1 is 1.22 bits per heavy atom. The quantitative estimate of drug-likeness (QED) is 0.485. The number of anilines is 1. The van der Waals surface area contributed by atoms with Gasteiger partial charge < -0.3 is 9.88 Å². The normalized spacial score (nSPS) is 15.4. The molecule has 32 heavy (non-hydrogen) atoms. The van der Waals surface area contributed by atoms with Crippen LogP contribution in [0.3, 0.4) is 0 Å². The highest BCUT2D eigenvalue weighted by Gasteiger charge is 2.36. The average molecular weight is 472 g/mol. The molecule has 0 saturated carbocycles. The van der Waals surface area contributed by atoms with Gasteiger partial charge in [0.1, 0.15) is 12.4 Å². The number of imide groups is 1. The minimum Gasteiger partial charge on any atom is -0.344 e. The maximum absolute atomic E-state index is 13.3. The van der Waals surface area contributed by atoms with Gasteiger partial charge in [0, 0.05) is 34.4 Å². The van der Waals surface area contributed by atoms with Gasteiger partial charge in [-0.2, -0.15) is 0 Å². The number of hydrogen-bond donors (Lipinski definition) is 1. The van der Waals surface area contributed by atoms with E-state index in [1.54, 1.807) is 6.08 Å². The van der Waals surface area contributed by atoms with Crippen molar-refractivity contribution in [3.8, 4) is 0 Å². The minimum absolute atomic E-state index is 0.141. The van der Waals surface area contributed by atoms with Crippen molar-refractivity contribution in [2.24, 2.45) is 0 Å². The van der Waals surface area contributed by atoms with Crippen molar-refractivity contribution in [2.75, 3.05) is 11.9 Å². The van der Waals surface area contributed by atoms with Crippen molar-refractivity contribution in [2.45, 2.75) is 19.9 Å². The predicted molar refractivity (Wildman–Crippen MR) is 125 cm³/mol. The van der Waals surface area contributed by atoms with Crippen LogP contribution in [-0.4, -0.2) is 33.1 Å². The van der Waals surface area contributed by atoms with E-state index < -0.39 is 29.4 Å². The smallest absolute Gasteiger partial charge is 0.294 e. The summed E-state index contributed by atoms with van der Waals surface area (Å²) in [6.45, 7) is 3.68. The van der Waals surface area contributed by atoms with E-state index in [9.17, 15) is 18.8 Å². The van der Waals surface area contributed by atoms with Gasteiger partial charge in [-0.1, -0.05) is 29.8 Å². The van der Waals surface area contributed by atoms with Crippen molar-refractivity contribution in [1.29, 1.82) is 0 Å². The van der Waals surface area contributed by atoms with Crippen molar-refractivity contribution >= 4 is 63.1 Å². The first-order valence-corrected chi connectivity index (χ1v) is 11.0. The highest BCUT2D eigenvalue weighted by atomic mass is 35.5. The Labute approximate surface area is 193 Å². The summed E-state index contributed by atoms with van der Waals surface area (Å²) in [7, 11) is 0. The van der Waals surface area contributed by atoms with Crippen LogP contribution in [0, 0.1) is 5.82 Å². The summed E-state index contributed by atoms with van der Waals surface area (Å²) >= 11 is 6.51. The molecule has 4 rings (SSSR count). The molecule has 9 heteroatoms. The molecule has 0 spiro atoms. The molecule has 0 aliphatic carbocycles. The Bertz CT molecular complexity index is 1280. The van der Waals surface area contributed by atoms with Gasteiger partial charge >= 0.3 is 0 Å². The zero-order chi connectivity index (χ0) is 23.0. The fourth-order valence-electron chi connectivity index (χ4n) is 3.47. The number of thioether (sulfide) groups is 1. The summed E-state index contributed by atoms with van der Waals surface area (Å²) in [5.41, 5.74) is 2.13. The lowest BCUT2D eigenvalue weighted by atomic mass is 10.1. The van der Waals surface area contributed by atoms with Gasteiger partial charge in [0.15, 0.2) is 0 Å². The number of aromatic nitrogens is 1. The Kier molecular flexibility index (Phi) is 6.08. The molecule has 1 aliphatic heterocycles. The van der Waals surface area contributed by atoms with Gasteiger partial charge in [0.05, 0.1) is 9.93 Å². The van der Waals surface area contributed by atoms with Gasteiger partial charge in [-0.05, 0) is 56.0 Å². The van der Waals surface area contributed by atoms with E-state index in [0.29, 0.717) is 0 Å². The van der Waals surface area contributed by atoms with Crippen molar-refractivity contribution in [3.63, 3.8) is 0 Å². The molecule has 0 atom stereocenters. The molecule has 1 saturated heterocycles. The second-order valence-corrected chi connectivity index (χ2v) is 8.95. The molecular formula is C23H19ClFN3O3S. The fourth-order valence-corrected chi connectivity index (χ4v) is 4.48. The van der Waals surface area contributed by atoms with Gasteiger partial charge in [-0.15, -0.1) is 0 Å². The van der Waals surface area contributed by atoms with Crippen LogP contribution in [0.15, 0.2) is 53.6 Å². The van der Waals surface area contributed by atoms with E-state index in [1.807, 2.05) is 30.5 Å². The largest absolute Gasteiger partial charge is 0.344 e. The third kappa shape index (κ3) is 4.28. The molecule has 1 aromatic heterocycles. The Morgan fingerprint density at radius 2 is 1.97 bits per heavy atom. The molecule has 0 unspecified atom stereocenters. The van der Waals surface area contributed by atoms with E-state index in [-0.39, 0.29) is 21.7 Å². The summed E-state index contributed by atoms with van der Waals surface area (Å²) < 4.78 is 15.4. The number of halogens is 2. The molecule has 1 N–H and O–H groups in total. The summed E-state index contributed by atoms with van der Waals surface area (Å²) in [5.74, 6) is -1.74. The number of amides is 3. The number of benzene rings is 2. The molecule has 0 radical (unpaired) electrons. The number of rotatable bonds is 5. The molecular weight excluding hydrogens is 453 g/mol. The van der Waals surface area contributed by atoms with E-state index >= 15 is 0 Å². The van der Waals surface area contributed by atoms with Gasteiger partial charge in [0.25, 0.3) is 11.1 Å². The van der Waals surface area contributed by atoms with Gasteiger partial charge in [0.2, 0.25) is 5.91 Å². The second-order valence-electron chi connectivity index (χ2n) is 7.55. The van der Waals surface area contributed by atoms with Gasteiger partial charge in [-0.25, -0.2) is 4.39 Å². The lowest BCUT2D eigenvalue weighted by Gasteiger charge is -2.12. The standard InChI is InChI=1S/C23H19ClFN3O3S/c1-13(2)27-11-14(16-5-3-4-6-19(16)27)9-20-22(30)28(23(31)32-20)12-21(29)26-15-7-8-18(25)17(24)10-15/h3-11,13H,12H2,1-2H3,(H,26,29)/b20-9+. The first kappa shape index (κ1) is 22.1.